The predicted molar refractivity (Wildman–Crippen MR) is 87.0 cm³/mol. The van der Waals surface area contributed by atoms with Crippen LogP contribution in [0.2, 0.25) is 0 Å². The Morgan fingerprint density at radius 1 is 1.17 bits per heavy atom. The molecule has 0 atom stereocenters. The zero-order valence-electron chi connectivity index (χ0n) is 12.6. The molecule has 1 fully saturated rings. The van der Waals surface area contributed by atoms with Crippen molar-refractivity contribution in [2.45, 2.75) is 12.7 Å². The first-order valence-electron chi connectivity index (χ1n) is 7.68. The van der Waals surface area contributed by atoms with Crippen LogP contribution in [0.3, 0.4) is 0 Å². The normalized spacial score (nSPS) is 14.9. The average molecular weight is 307 g/mol. The summed E-state index contributed by atoms with van der Waals surface area (Å²) in [6, 6.07) is 16.2. The molecular weight excluding hydrogens is 290 g/mol. The van der Waals surface area contributed by atoms with Gasteiger partial charge in [0.1, 0.15) is 5.69 Å². The number of rotatable bonds is 4. The molecule has 1 aromatic heterocycles. The molecule has 5 nitrogen and oxygen atoms in total. The third-order valence-corrected chi connectivity index (χ3v) is 4.22. The van der Waals surface area contributed by atoms with Crippen molar-refractivity contribution in [3.63, 3.8) is 0 Å². The number of carbonyl (C=O) groups excluding carboxylic acids is 1. The highest BCUT2D eigenvalue weighted by Crippen LogP contribution is 2.21. The fraction of sp³-hybridized carbons (Fsp3) is 0.222. The molecule has 2 aromatic carbocycles. The summed E-state index contributed by atoms with van der Waals surface area (Å²) in [6.07, 6.45) is 1.68. The number of aromatic amines is 1. The zero-order chi connectivity index (χ0) is 15.6. The van der Waals surface area contributed by atoms with Crippen LogP contribution < -0.4 is 0 Å². The molecule has 116 valence electrons. The number of nitrogens with one attached hydrogen (secondary N) is 1. The minimum Gasteiger partial charge on any atom is -0.370 e. The van der Waals surface area contributed by atoms with Gasteiger partial charge in [0.05, 0.1) is 12.7 Å². The molecule has 0 unspecified atom stereocenters. The zero-order valence-corrected chi connectivity index (χ0v) is 12.6. The third-order valence-electron chi connectivity index (χ3n) is 4.22. The molecule has 0 aliphatic carbocycles. The van der Waals surface area contributed by atoms with Crippen molar-refractivity contribution in [3.05, 3.63) is 66.0 Å². The fourth-order valence-electron chi connectivity index (χ4n) is 2.88. The van der Waals surface area contributed by atoms with Crippen LogP contribution in [-0.4, -0.2) is 40.2 Å². The Hall–Kier alpha value is -2.66. The van der Waals surface area contributed by atoms with Gasteiger partial charge in [-0.15, -0.1) is 0 Å². The topological polar surface area (TPSA) is 58.2 Å². The van der Waals surface area contributed by atoms with E-state index in [0.29, 0.717) is 25.4 Å². The van der Waals surface area contributed by atoms with E-state index in [1.807, 2.05) is 12.1 Å². The van der Waals surface area contributed by atoms with Gasteiger partial charge in [0, 0.05) is 19.3 Å². The molecule has 1 N–H and O–H groups in total. The number of fused-ring (bicyclic) bond motifs is 1. The molecule has 0 radical (unpaired) electrons. The molecule has 0 saturated carbocycles. The summed E-state index contributed by atoms with van der Waals surface area (Å²) in [5, 5.41) is 8.94. The first-order valence-corrected chi connectivity index (χ1v) is 7.68. The number of hydrogen-bond acceptors (Lipinski definition) is 3. The van der Waals surface area contributed by atoms with Crippen LogP contribution in [0, 0.1) is 0 Å². The van der Waals surface area contributed by atoms with Crippen molar-refractivity contribution < 1.29 is 9.53 Å². The van der Waals surface area contributed by atoms with Gasteiger partial charge in [0.15, 0.2) is 0 Å². The van der Waals surface area contributed by atoms with Crippen LogP contribution in [-0.2, 0) is 11.3 Å². The van der Waals surface area contributed by atoms with E-state index in [0.717, 1.165) is 0 Å². The number of ether oxygens (including phenoxy) is 1. The van der Waals surface area contributed by atoms with Gasteiger partial charge in [-0.25, -0.2) is 0 Å². The Kier molecular flexibility index (Phi) is 3.55. The van der Waals surface area contributed by atoms with Crippen molar-refractivity contribution >= 4 is 16.7 Å². The van der Waals surface area contributed by atoms with Gasteiger partial charge in [0.25, 0.3) is 5.91 Å². The van der Waals surface area contributed by atoms with Gasteiger partial charge < -0.3 is 9.64 Å². The number of aromatic nitrogens is 2. The van der Waals surface area contributed by atoms with Gasteiger partial charge in [-0.3, -0.25) is 9.89 Å². The number of hydrogen-bond donors (Lipinski definition) is 1. The molecule has 5 heteroatoms. The minimum atomic E-state index is -0.0208. The Labute approximate surface area is 133 Å². The molecule has 3 aromatic rings. The lowest BCUT2D eigenvalue weighted by Gasteiger charge is -2.38. The Balaban J connectivity index is 1.35. The summed E-state index contributed by atoms with van der Waals surface area (Å²) in [4.78, 5) is 13.8. The van der Waals surface area contributed by atoms with E-state index in [1.165, 1.54) is 16.3 Å². The first-order chi connectivity index (χ1) is 11.3. The monoisotopic (exact) mass is 307 g/mol. The lowest BCUT2D eigenvalue weighted by molar-refractivity contribution is -0.0501. The molecule has 0 spiro atoms. The smallest absolute Gasteiger partial charge is 0.272 e. The second kappa shape index (κ2) is 5.85. The van der Waals surface area contributed by atoms with E-state index < -0.39 is 0 Å². The number of benzene rings is 2. The molecule has 1 saturated heterocycles. The van der Waals surface area contributed by atoms with Gasteiger partial charge >= 0.3 is 0 Å². The largest absolute Gasteiger partial charge is 0.370 e. The lowest BCUT2D eigenvalue weighted by atomic mass is 10.1. The number of carbonyl (C=O) groups is 1. The predicted octanol–water partition coefficient (Wildman–Crippen LogP) is 2.60. The molecule has 4 rings (SSSR count). The Bertz CT molecular complexity index is 818. The fourth-order valence-corrected chi connectivity index (χ4v) is 2.88. The quantitative estimate of drug-likeness (QED) is 0.806. The number of nitrogens with zero attached hydrogens (tertiary/aromatic N) is 2. The maximum atomic E-state index is 12.1. The summed E-state index contributed by atoms with van der Waals surface area (Å²) in [5.41, 5.74) is 1.71. The molecule has 23 heavy (non-hydrogen) atoms. The van der Waals surface area contributed by atoms with Crippen LogP contribution in [0.1, 0.15) is 16.1 Å². The first kappa shape index (κ1) is 14.0. The highest BCUT2D eigenvalue weighted by molar-refractivity contribution is 5.92. The number of H-pyrrole nitrogens is 1. The lowest BCUT2D eigenvalue weighted by Crippen LogP contribution is -2.54. The summed E-state index contributed by atoms with van der Waals surface area (Å²) >= 11 is 0. The highest BCUT2D eigenvalue weighted by atomic mass is 16.5. The maximum Gasteiger partial charge on any atom is 0.272 e. The number of likely N-dealkylation sites (tertiary alicyclic amines) is 1. The molecule has 1 aliphatic heterocycles. The second-order valence-electron chi connectivity index (χ2n) is 5.75. The van der Waals surface area contributed by atoms with E-state index in [1.54, 1.807) is 17.2 Å². The minimum absolute atomic E-state index is 0.0208. The van der Waals surface area contributed by atoms with Crippen LogP contribution >= 0.6 is 0 Å². The van der Waals surface area contributed by atoms with Crippen LogP contribution in [0.15, 0.2) is 54.7 Å². The maximum absolute atomic E-state index is 12.1. The van der Waals surface area contributed by atoms with E-state index in [4.69, 9.17) is 4.74 Å². The van der Waals surface area contributed by atoms with Gasteiger partial charge in [-0.2, -0.15) is 5.10 Å². The molecule has 2 heterocycles. The van der Waals surface area contributed by atoms with Crippen molar-refractivity contribution in [1.29, 1.82) is 0 Å². The van der Waals surface area contributed by atoms with Crippen molar-refractivity contribution in [3.8, 4) is 0 Å². The molecule has 1 aliphatic rings. The summed E-state index contributed by atoms with van der Waals surface area (Å²) in [6.45, 7) is 1.82. The van der Waals surface area contributed by atoms with E-state index in [9.17, 15) is 4.79 Å². The van der Waals surface area contributed by atoms with E-state index in [-0.39, 0.29) is 12.0 Å². The third kappa shape index (κ3) is 2.71. The van der Waals surface area contributed by atoms with Crippen LogP contribution in [0.25, 0.3) is 10.8 Å². The average Bonchev–Trinajstić information content (AvgIpc) is 3.08. The summed E-state index contributed by atoms with van der Waals surface area (Å²) in [7, 11) is 0. The van der Waals surface area contributed by atoms with Crippen molar-refractivity contribution in [2.75, 3.05) is 13.1 Å². The summed E-state index contributed by atoms with van der Waals surface area (Å²) in [5.74, 6) is -0.0208. The standard InChI is InChI=1S/C18H17N3O2/c22-18(17-8-9-19-20-17)21-10-15(11-21)23-12-14-6-3-5-13-4-1-2-7-16(13)14/h1-9,15H,10-12H2,(H,19,20). The highest BCUT2D eigenvalue weighted by Gasteiger charge is 2.32. The van der Waals surface area contributed by atoms with Crippen molar-refractivity contribution in [2.24, 2.45) is 0 Å². The van der Waals surface area contributed by atoms with Gasteiger partial charge in [-0.05, 0) is 22.4 Å². The SMILES string of the molecule is O=C(c1ccn[nH]1)N1CC(OCc2cccc3ccccc23)C1. The van der Waals surface area contributed by atoms with Gasteiger partial charge in [-0.1, -0.05) is 42.5 Å². The summed E-state index contributed by atoms with van der Waals surface area (Å²) < 4.78 is 5.95. The Morgan fingerprint density at radius 3 is 2.83 bits per heavy atom. The van der Waals surface area contributed by atoms with E-state index >= 15 is 0 Å². The Morgan fingerprint density at radius 2 is 2.00 bits per heavy atom. The van der Waals surface area contributed by atoms with Crippen molar-refractivity contribution in [1.82, 2.24) is 15.1 Å². The second-order valence-corrected chi connectivity index (χ2v) is 5.75. The number of amides is 1. The molecular formula is C18H17N3O2. The van der Waals surface area contributed by atoms with E-state index in [2.05, 4.69) is 40.5 Å². The van der Waals surface area contributed by atoms with Gasteiger partial charge in [0.2, 0.25) is 0 Å². The molecule has 1 amide bonds. The van der Waals surface area contributed by atoms with Crippen LogP contribution in [0.4, 0.5) is 0 Å². The van der Waals surface area contributed by atoms with Crippen LogP contribution in [0.5, 0.6) is 0 Å². The molecule has 0 bridgehead atoms.